The Morgan fingerprint density at radius 2 is 1.86 bits per heavy atom. The average molecular weight is 376 g/mol. The number of carbonyl (C=O) groups excluding carboxylic acids is 1. The van der Waals surface area contributed by atoms with Gasteiger partial charge in [0.25, 0.3) is 0 Å². The van der Waals surface area contributed by atoms with Crippen LogP contribution in [0.2, 0.25) is 0 Å². The fourth-order valence-electron chi connectivity index (χ4n) is 3.63. The van der Waals surface area contributed by atoms with Crippen molar-refractivity contribution in [2.24, 2.45) is 0 Å². The number of aromatic nitrogens is 4. The predicted octanol–water partition coefficient (Wildman–Crippen LogP) is 3.83. The van der Waals surface area contributed by atoms with Crippen molar-refractivity contribution in [3.8, 4) is 11.3 Å². The van der Waals surface area contributed by atoms with Crippen molar-refractivity contribution in [3.05, 3.63) is 60.0 Å². The number of hydrogen-bond acceptors (Lipinski definition) is 4. The van der Waals surface area contributed by atoms with Crippen molar-refractivity contribution in [2.45, 2.75) is 32.7 Å². The lowest BCUT2D eigenvalue weighted by Gasteiger charge is -2.32. The van der Waals surface area contributed by atoms with Gasteiger partial charge in [0.1, 0.15) is 5.69 Å². The number of para-hydroxylation sites is 1. The van der Waals surface area contributed by atoms with Gasteiger partial charge in [0.2, 0.25) is 0 Å². The summed E-state index contributed by atoms with van der Waals surface area (Å²) in [6, 6.07) is 10.1. The number of aryl methyl sites for hydroxylation is 2. The van der Waals surface area contributed by atoms with E-state index in [0.29, 0.717) is 13.1 Å². The number of hydrogen-bond donors (Lipinski definition) is 1. The molecule has 7 heteroatoms. The summed E-state index contributed by atoms with van der Waals surface area (Å²) in [7, 11) is 0. The molecule has 4 rings (SSSR count). The molecule has 144 valence electrons. The van der Waals surface area contributed by atoms with Crippen LogP contribution in [-0.2, 0) is 0 Å². The molecule has 3 heterocycles. The van der Waals surface area contributed by atoms with Gasteiger partial charge in [-0.2, -0.15) is 0 Å². The second-order valence-electron chi connectivity index (χ2n) is 7.24. The first-order valence-corrected chi connectivity index (χ1v) is 9.56. The average Bonchev–Trinajstić information content (AvgIpc) is 3.22. The number of carbonyl (C=O) groups is 1. The van der Waals surface area contributed by atoms with Crippen molar-refractivity contribution >= 4 is 11.7 Å². The maximum atomic E-state index is 12.7. The van der Waals surface area contributed by atoms with E-state index in [9.17, 15) is 4.79 Å². The summed E-state index contributed by atoms with van der Waals surface area (Å²) in [6.45, 7) is 5.42. The Morgan fingerprint density at radius 1 is 1.11 bits per heavy atom. The molecule has 0 saturated carbocycles. The predicted molar refractivity (Wildman–Crippen MR) is 108 cm³/mol. The van der Waals surface area contributed by atoms with Gasteiger partial charge in [0.15, 0.2) is 0 Å². The van der Waals surface area contributed by atoms with Crippen LogP contribution >= 0.6 is 0 Å². The minimum atomic E-state index is -0.0366. The third-order valence-electron chi connectivity index (χ3n) is 5.31. The van der Waals surface area contributed by atoms with Crippen molar-refractivity contribution < 1.29 is 4.79 Å². The molecule has 0 radical (unpaired) electrons. The first-order chi connectivity index (χ1) is 13.6. The number of nitrogens with one attached hydrogen (secondary N) is 1. The highest BCUT2D eigenvalue weighted by atomic mass is 16.2. The minimum Gasteiger partial charge on any atom is -0.324 e. The lowest BCUT2D eigenvalue weighted by molar-refractivity contribution is 0.179. The molecule has 3 aromatic rings. The van der Waals surface area contributed by atoms with Crippen LogP contribution in [-0.4, -0.2) is 44.0 Å². The summed E-state index contributed by atoms with van der Waals surface area (Å²) < 4.78 is 1.92. The third kappa shape index (κ3) is 3.74. The van der Waals surface area contributed by atoms with Crippen molar-refractivity contribution in [3.63, 3.8) is 0 Å². The normalized spacial score (nSPS) is 14.9. The molecule has 1 saturated heterocycles. The molecule has 1 aliphatic rings. The summed E-state index contributed by atoms with van der Waals surface area (Å²) >= 11 is 0. The molecule has 2 amide bonds. The molecule has 1 aromatic carbocycles. The van der Waals surface area contributed by atoms with Crippen molar-refractivity contribution in [2.75, 3.05) is 18.4 Å². The van der Waals surface area contributed by atoms with Gasteiger partial charge >= 0.3 is 6.03 Å². The Kier molecular flexibility index (Phi) is 5.06. The first-order valence-electron chi connectivity index (χ1n) is 9.56. The third-order valence-corrected chi connectivity index (χ3v) is 5.31. The summed E-state index contributed by atoms with van der Waals surface area (Å²) in [5, 5.41) is 11.6. The molecule has 28 heavy (non-hydrogen) atoms. The molecule has 7 nitrogen and oxygen atoms in total. The summed E-state index contributed by atoms with van der Waals surface area (Å²) in [5.41, 5.74) is 4.84. The minimum absolute atomic E-state index is 0.0366. The van der Waals surface area contributed by atoms with Crippen LogP contribution in [0, 0.1) is 13.8 Å². The van der Waals surface area contributed by atoms with Gasteiger partial charge in [-0.25, -0.2) is 9.48 Å². The summed E-state index contributed by atoms with van der Waals surface area (Å²) in [6.07, 6.45) is 7.21. The van der Waals surface area contributed by atoms with E-state index in [2.05, 4.69) is 20.6 Å². The molecule has 0 aliphatic carbocycles. The molecule has 2 aromatic heterocycles. The molecule has 0 bridgehead atoms. The highest BCUT2D eigenvalue weighted by Gasteiger charge is 2.25. The second-order valence-corrected chi connectivity index (χ2v) is 7.24. The quantitative estimate of drug-likeness (QED) is 0.754. The molecule has 0 spiro atoms. The smallest absolute Gasteiger partial charge is 0.321 e. The van der Waals surface area contributed by atoms with Crippen molar-refractivity contribution in [1.82, 2.24) is 24.9 Å². The van der Waals surface area contributed by atoms with Gasteiger partial charge in [-0.05, 0) is 49.9 Å². The summed E-state index contributed by atoms with van der Waals surface area (Å²) in [5.74, 6) is 0. The van der Waals surface area contributed by atoms with E-state index in [1.807, 2.05) is 60.0 Å². The van der Waals surface area contributed by atoms with Crippen LogP contribution in [0.25, 0.3) is 11.3 Å². The SMILES string of the molecule is Cc1cccc(C)c1NC(=O)N1CCC(n2cc(-c3cccnc3)nn2)CC1. The van der Waals surface area contributed by atoms with Gasteiger partial charge in [0.05, 0.1) is 12.2 Å². The largest absolute Gasteiger partial charge is 0.324 e. The van der Waals surface area contributed by atoms with Gasteiger partial charge in [0, 0.05) is 36.7 Å². The van der Waals surface area contributed by atoms with E-state index in [4.69, 9.17) is 0 Å². The van der Waals surface area contributed by atoms with E-state index in [1.54, 1.807) is 12.4 Å². The highest BCUT2D eigenvalue weighted by molar-refractivity contribution is 5.91. The molecule has 1 N–H and O–H groups in total. The Hall–Kier alpha value is -3.22. The van der Waals surface area contributed by atoms with Crippen LogP contribution in [0.3, 0.4) is 0 Å². The Labute approximate surface area is 164 Å². The van der Waals surface area contributed by atoms with Crippen LogP contribution in [0.5, 0.6) is 0 Å². The van der Waals surface area contributed by atoms with Crippen molar-refractivity contribution in [1.29, 1.82) is 0 Å². The number of amides is 2. The number of rotatable bonds is 3. The van der Waals surface area contributed by atoms with E-state index in [1.165, 1.54) is 0 Å². The zero-order valence-corrected chi connectivity index (χ0v) is 16.2. The zero-order chi connectivity index (χ0) is 19.5. The lowest BCUT2D eigenvalue weighted by Crippen LogP contribution is -2.41. The number of anilines is 1. The fourth-order valence-corrected chi connectivity index (χ4v) is 3.63. The molecule has 0 unspecified atom stereocenters. The Bertz CT molecular complexity index is 940. The summed E-state index contributed by atoms with van der Waals surface area (Å²) in [4.78, 5) is 18.7. The fraction of sp³-hybridized carbons (Fsp3) is 0.333. The molecular weight excluding hydrogens is 352 g/mol. The lowest BCUT2D eigenvalue weighted by atomic mass is 10.1. The first kappa shape index (κ1) is 18.2. The molecular formula is C21H24N6O. The second kappa shape index (κ2) is 7.80. The molecule has 1 aliphatic heterocycles. The molecule has 0 atom stereocenters. The van der Waals surface area contributed by atoms with Gasteiger partial charge in [-0.15, -0.1) is 5.10 Å². The standard InChI is InChI=1S/C21H24N6O/c1-15-5-3-6-16(2)20(15)23-21(28)26-11-8-18(9-12-26)27-14-19(24-25-27)17-7-4-10-22-13-17/h3-7,10,13-14,18H,8-9,11-12H2,1-2H3,(H,23,28). The van der Waals surface area contributed by atoms with Crippen LogP contribution in [0.1, 0.15) is 30.0 Å². The van der Waals surface area contributed by atoms with Crippen LogP contribution in [0.4, 0.5) is 10.5 Å². The number of pyridine rings is 1. The van der Waals surface area contributed by atoms with E-state index in [-0.39, 0.29) is 12.1 Å². The van der Waals surface area contributed by atoms with Gasteiger partial charge < -0.3 is 10.2 Å². The number of benzene rings is 1. The maximum absolute atomic E-state index is 12.7. The van der Waals surface area contributed by atoms with E-state index >= 15 is 0 Å². The zero-order valence-electron chi connectivity index (χ0n) is 16.2. The Balaban J connectivity index is 1.37. The highest BCUT2D eigenvalue weighted by Crippen LogP contribution is 2.25. The van der Waals surface area contributed by atoms with Gasteiger partial charge in [-0.3, -0.25) is 4.98 Å². The number of urea groups is 1. The number of piperidine rings is 1. The Morgan fingerprint density at radius 3 is 2.54 bits per heavy atom. The monoisotopic (exact) mass is 376 g/mol. The number of likely N-dealkylation sites (tertiary alicyclic amines) is 1. The van der Waals surface area contributed by atoms with Crippen LogP contribution in [0.15, 0.2) is 48.9 Å². The molecule has 1 fully saturated rings. The topological polar surface area (TPSA) is 75.9 Å². The van der Waals surface area contributed by atoms with Crippen LogP contribution < -0.4 is 5.32 Å². The van der Waals surface area contributed by atoms with E-state index < -0.39 is 0 Å². The number of nitrogens with zero attached hydrogens (tertiary/aromatic N) is 5. The van der Waals surface area contributed by atoms with Gasteiger partial charge in [-0.1, -0.05) is 23.4 Å². The van der Waals surface area contributed by atoms with E-state index in [0.717, 1.165) is 40.9 Å². The maximum Gasteiger partial charge on any atom is 0.321 e.